The van der Waals surface area contributed by atoms with Gasteiger partial charge in [-0.3, -0.25) is 0 Å². The van der Waals surface area contributed by atoms with Crippen LogP contribution in [0.15, 0.2) is 60.7 Å². The highest BCUT2D eigenvalue weighted by Gasteiger charge is 2.23. The monoisotopic (exact) mass is 426 g/mol. The first kappa shape index (κ1) is 17.3. The van der Waals surface area contributed by atoms with Gasteiger partial charge in [-0.1, -0.05) is 18.2 Å². The Hall–Kier alpha value is -2.06. The van der Waals surface area contributed by atoms with E-state index in [0.717, 1.165) is 9.65 Å². The fraction of sp³-hybridized carbons (Fsp3) is 0.118. The van der Waals surface area contributed by atoms with Gasteiger partial charge >= 0.3 is 5.97 Å². The van der Waals surface area contributed by atoms with Crippen LogP contribution in [0.3, 0.4) is 0 Å². The standard InChI is InChI=1S/C17H15IO5/c18-11-6-7-14(19)13(10-11)17(22)15(8-9-16(20)21)23-12-4-2-1-3-5-12/h1-10,15,17,19,22H,(H,20,21)/b9-8+/t15-,17-/m1/s1. The molecular weight excluding hydrogens is 411 g/mol. The van der Waals surface area contributed by atoms with Gasteiger partial charge in [0.25, 0.3) is 0 Å². The Morgan fingerprint density at radius 2 is 1.87 bits per heavy atom. The molecule has 0 amide bonds. The zero-order valence-corrected chi connectivity index (χ0v) is 14.1. The lowest BCUT2D eigenvalue weighted by Crippen LogP contribution is -2.23. The summed E-state index contributed by atoms with van der Waals surface area (Å²) in [5, 5.41) is 29.3. The van der Waals surface area contributed by atoms with Crippen LogP contribution in [-0.4, -0.2) is 27.4 Å². The predicted octanol–water partition coefficient (Wildman–Crippen LogP) is 3.12. The lowest BCUT2D eigenvalue weighted by molar-refractivity contribution is -0.131. The molecule has 2 atom stereocenters. The first-order chi connectivity index (χ1) is 11.0. The summed E-state index contributed by atoms with van der Waals surface area (Å²) < 4.78 is 6.49. The number of rotatable bonds is 6. The summed E-state index contributed by atoms with van der Waals surface area (Å²) in [6.45, 7) is 0. The maximum Gasteiger partial charge on any atom is 0.328 e. The van der Waals surface area contributed by atoms with Gasteiger partial charge in [-0.15, -0.1) is 0 Å². The van der Waals surface area contributed by atoms with Gasteiger partial charge in [-0.05, 0) is 59.0 Å². The summed E-state index contributed by atoms with van der Waals surface area (Å²) in [6, 6.07) is 13.5. The second-order valence-corrected chi connectivity index (χ2v) is 5.99. The van der Waals surface area contributed by atoms with E-state index < -0.39 is 18.2 Å². The number of halogens is 1. The van der Waals surface area contributed by atoms with E-state index in [0.29, 0.717) is 5.75 Å². The Bertz CT molecular complexity index is 699. The number of para-hydroxylation sites is 1. The molecule has 0 aliphatic heterocycles. The second kappa shape index (κ2) is 7.98. The van der Waals surface area contributed by atoms with Gasteiger partial charge < -0.3 is 20.1 Å². The number of hydrogen-bond donors (Lipinski definition) is 3. The van der Waals surface area contributed by atoms with E-state index in [4.69, 9.17) is 9.84 Å². The van der Waals surface area contributed by atoms with Crippen molar-refractivity contribution in [2.24, 2.45) is 0 Å². The second-order valence-electron chi connectivity index (χ2n) is 4.74. The fourth-order valence-electron chi connectivity index (χ4n) is 1.98. The molecule has 23 heavy (non-hydrogen) atoms. The number of aliphatic hydroxyl groups is 1. The number of carboxylic acid groups (broad SMARTS) is 1. The Balaban J connectivity index is 2.32. The average Bonchev–Trinajstić information content (AvgIpc) is 2.54. The first-order valence-electron chi connectivity index (χ1n) is 6.76. The van der Waals surface area contributed by atoms with E-state index >= 15 is 0 Å². The molecule has 5 nitrogen and oxygen atoms in total. The van der Waals surface area contributed by atoms with Crippen LogP contribution in [0, 0.1) is 3.57 Å². The maximum absolute atomic E-state index is 10.8. The lowest BCUT2D eigenvalue weighted by atomic mass is 10.0. The molecule has 0 heterocycles. The number of carboxylic acids is 1. The van der Waals surface area contributed by atoms with Crippen molar-refractivity contribution in [2.45, 2.75) is 12.2 Å². The minimum atomic E-state index is -1.22. The van der Waals surface area contributed by atoms with Crippen LogP contribution < -0.4 is 4.74 Å². The van der Waals surface area contributed by atoms with E-state index in [2.05, 4.69) is 22.6 Å². The van der Waals surface area contributed by atoms with Crippen molar-refractivity contribution in [3.05, 3.63) is 69.8 Å². The third-order valence-electron chi connectivity index (χ3n) is 3.06. The van der Waals surface area contributed by atoms with Gasteiger partial charge in [-0.2, -0.15) is 0 Å². The van der Waals surface area contributed by atoms with Crippen LogP contribution in [0.25, 0.3) is 0 Å². The summed E-state index contributed by atoms with van der Waals surface area (Å²) in [5.74, 6) is -0.745. The van der Waals surface area contributed by atoms with Gasteiger partial charge in [0.1, 0.15) is 23.7 Å². The fourth-order valence-corrected chi connectivity index (χ4v) is 2.50. The molecule has 0 aliphatic carbocycles. The molecule has 0 unspecified atom stereocenters. The van der Waals surface area contributed by atoms with Crippen molar-refractivity contribution in [3.8, 4) is 11.5 Å². The van der Waals surface area contributed by atoms with Crippen LogP contribution in [0.4, 0.5) is 0 Å². The van der Waals surface area contributed by atoms with Crippen molar-refractivity contribution in [1.29, 1.82) is 0 Å². The lowest BCUT2D eigenvalue weighted by Gasteiger charge is -2.22. The van der Waals surface area contributed by atoms with Gasteiger partial charge in [0, 0.05) is 15.2 Å². The van der Waals surface area contributed by atoms with Crippen molar-refractivity contribution >= 4 is 28.6 Å². The number of aliphatic hydroxyl groups excluding tert-OH is 1. The van der Waals surface area contributed by atoms with Crippen LogP contribution in [-0.2, 0) is 4.79 Å². The normalized spacial score (nSPS) is 13.7. The Kier molecular flexibility index (Phi) is 6.00. The largest absolute Gasteiger partial charge is 0.508 e. The van der Waals surface area contributed by atoms with Crippen molar-refractivity contribution in [3.63, 3.8) is 0 Å². The minimum Gasteiger partial charge on any atom is -0.508 e. The number of aromatic hydroxyl groups is 1. The number of ether oxygens (including phenoxy) is 1. The maximum atomic E-state index is 10.8. The van der Waals surface area contributed by atoms with Crippen LogP contribution in [0.2, 0.25) is 0 Å². The van der Waals surface area contributed by atoms with Crippen LogP contribution in [0.5, 0.6) is 11.5 Å². The highest BCUT2D eigenvalue weighted by Crippen LogP contribution is 2.30. The summed E-state index contributed by atoms with van der Waals surface area (Å²) in [7, 11) is 0. The molecule has 2 rings (SSSR count). The molecule has 0 radical (unpaired) electrons. The van der Waals surface area contributed by atoms with E-state index in [1.807, 2.05) is 6.07 Å². The van der Waals surface area contributed by atoms with E-state index in [1.165, 1.54) is 12.1 Å². The Labute approximate surface area is 147 Å². The molecule has 2 aromatic rings. The average molecular weight is 426 g/mol. The molecule has 0 aromatic heterocycles. The zero-order valence-electron chi connectivity index (χ0n) is 12.0. The van der Waals surface area contributed by atoms with Crippen molar-refractivity contribution < 1.29 is 24.9 Å². The first-order valence-corrected chi connectivity index (χ1v) is 7.84. The number of aliphatic carboxylic acids is 1. The SMILES string of the molecule is O=C(O)/C=C/[C@@H](Oc1ccccc1)[C@H](O)c1cc(I)ccc1O. The van der Waals surface area contributed by atoms with Crippen LogP contribution >= 0.6 is 22.6 Å². The van der Waals surface area contributed by atoms with Gasteiger partial charge in [0.2, 0.25) is 0 Å². The molecule has 2 aromatic carbocycles. The van der Waals surface area contributed by atoms with E-state index in [-0.39, 0.29) is 11.3 Å². The third kappa shape index (κ3) is 4.97. The van der Waals surface area contributed by atoms with Gasteiger partial charge in [0.15, 0.2) is 0 Å². The van der Waals surface area contributed by atoms with Crippen molar-refractivity contribution in [1.82, 2.24) is 0 Å². The molecule has 0 saturated carbocycles. The number of benzene rings is 2. The summed E-state index contributed by atoms with van der Waals surface area (Å²) >= 11 is 2.06. The van der Waals surface area contributed by atoms with E-state index in [9.17, 15) is 15.0 Å². The number of hydrogen-bond acceptors (Lipinski definition) is 4. The molecule has 3 N–H and O–H groups in total. The predicted molar refractivity (Wildman–Crippen MR) is 93.4 cm³/mol. The smallest absolute Gasteiger partial charge is 0.328 e. The van der Waals surface area contributed by atoms with Gasteiger partial charge in [-0.25, -0.2) is 4.79 Å². The summed E-state index contributed by atoms with van der Waals surface area (Å²) in [6.07, 6.45) is -0.0284. The molecule has 0 bridgehead atoms. The Morgan fingerprint density at radius 3 is 2.52 bits per heavy atom. The Morgan fingerprint density at radius 1 is 1.17 bits per heavy atom. The van der Waals surface area contributed by atoms with E-state index in [1.54, 1.807) is 36.4 Å². The van der Waals surface area contributed by atoms with Gasteiger partial charge in [0.05, 0.1) is 0 Å². The molecule has 120 valence electrons. The molecule has 6 heteroatoms. The third-order valence-corrected chi connectivity index (χ3v) is 3.73. The van der Waals surface area contributed by atoms with Crippen LogP contribution in [0.1, 0.15) is 11.7 Å². The quantitative estimate of drug-likeness (QED) is 0.488. The highest BCUT2D eigenvalue weighted by molar-refractivity contribution is 14.1. The highest BCUT2D eigenvalue weighted by atomic mass is 127. The number of phenolic OH excluding ortho intramolecular Hbond substituents is 1. The minimum absolute atomic E-state index is 0.0803. The van der Waals surface area contributed by atoms with Crippen molar-refractivity contribution in [2.75, 3.05) is 0 Å². The number of phenols is 1. The molecule has 0 fully saturated rings. The summed E-state index contributed by atoms with van der Waals surface area (Å²) in [5.41, 5.74) is 0.271. The molecule has 0 spiro atoms. The molecular formula is C17H15IO5. The number of carbonyl (C=O) groups is 1. The zero-order chi connectivity index (χ0) is 16.8. The molecule has 0 aliphatic rings. The topological polar surface area (TPSA) is 87.0 Å². The molecule has 0 saturated heterocycles. The summed E-state index contributed by atoms with van der Waals surface area (Å²) in [4.78, 5) is 10.8.